The number of fused-ring (bicyclic) bond motifs is 1. The van der Waals surface area contributed by atoms with Crippen LogP contribution in [0, 0.1) is 0 Å². The average molecular weight is 493 g/mol. The second-order valence-electron chi connectivity index (χ2n) is 7.56. The number of benzene rings is 2. The van der Waals surface area contributed by atoms with E-state index < -0.39 is 0 Å². The summed E-state index contributed by atoms with van der Waals surface area (Å²) >= 11 is 1.36. The summed E-state index contributed by atoms with van der Waals surface area (Å²) in [6.45, 7) is -0.0164. The summed E-state index contributed by atoms with van der Waals surface area (Å²) in [4.78, 5) is 30.2. The normalized spacial score (nSPS) is 10.8. The molecule has 0 saturated heterocycles. The van der Waals surface area contributed by atoms with Crippen molar-refractivity contribution in [1.82, 2.24) is 9.36 Å². The molecule has 8 nitrogen and oxygen atoms in total. The van der Waals surface area contributed by atoms with Crippen molar-refractivity contribution in [2.75, 3.05) is 27.4 Å². The Morgan fingerprint density at radius 1 is 0.886 bits per heavy atom. The molecule has 4 aromatic rings. The molecule has 0 spiro atoms. The Morgan fingerprint density at radius 3 is 2.40 bits per heavy atom. The number of aliphatic hydroxyl groups is 1. The summed E-state index contributed by atoms with van der Waals surface area (Å²) in [7, 11) is 3.01. The minimum Gasteiger partial charge on any atom is -0.494 e. The summed E-state index contributed by atoms with van der Waals surface area (Å²) < 4.78 is 21.7. The number of methoxy groups -OCH3 is 2. The number of hydrogen-bond donors (Lipinski definition) is 1. The summed E-state index contributed by atoms with van der Waals surface area (Å²) in [5.74, 6) is 0.872. The van der Waals surface area contributed by atoms with Gasteiger partial charge in [0.1, 0.15) is 29.4 Å². The first-order valence-corrected chi connectivity index (χ1v) is 11.7. The molecular formula is C26H24N2O6S. The lowest BCUT2D eigenvalue weighted by Gasteiger charge is -2.11. The van der Waals surface area contributed by atoms with Gasteiger partial charge in [-0.3, -0.25) is 9.59 Å². The zero-order valence-electron chi connectivity index (χ0n) is 19.3. The van der Waals surface area contributed by atoms with Crippen molar-refractivity contribution in [2.24, 2.45) is 0 Å². The number of Topliss-reactive ketones (excluding diaryl/α,β-unsaturated/α-hetero) is 2. The minimum atomic E-state index is -0.253. The van der Waals surface area contributed by atoms with Gasteiger partial charge in [-0.1, -0.05) is 18.2 Å². The standard InChI is InChI=1S/C26H24N2O6S/c1-32-22-12-8-18(27-26(22)25-17-5-3-4-6-24(17)35-28-25)20(31)10-9-19(30)16-7-11-21(34-14-13-29)23(15-16)33-2/h3-8,11-12,15,29H,9-10,13-14H2,1-2H3. The van der Waals surface area contributed by atoms with Crippen LogP contribution in [0.25, 0.3) is 21.5 Å². The highest BCUT2D eigenvalue weighted by molar-refractivity contribution is 7.13. The van der Waals surface area contributed by atoms with Gasteiger partial charge in [0, 0.05) is 23.8 Å². The van der Waals surface area contributed by atoms with Crippen molar-refractivity contribution >= 4 is 33.2 Å². The summed E-state index contributed by atoms with van der Waals surface area (Å²) in [6, 6.07) is 15.9. The second-order valence-corrected chi connectivity index (χ2v) is 8.36. The molecule has 0 saturated carbocycles. The average Bonchev–Trinajstić information content (AvgIpc) is 3.33. The van der Waals surface area contributed by atoms with E-state index in [0.29, 0.717) is 34.2 Å². The van der Waals surface area contributed by atoms with Crippen molar-refractivity contribution in [2.45, 2.75) is 12.8 Å². The summed E-state index contributed by atoms with van der Waals surface area (Å²) in [5.41, 5.74) is 1.80. The molecule has 0 aliphatic rings. The molecule has 180 valence electrons. The van der Waals surface area contributed by atoms with Crippen LogP contribution >= 0.6 is 11.5 Å². The van der Waals surface area contributed by atoms with E-state index in [4.69, 9.17) is 19.3 Å². The van der Waals surface area contributed by atoms with Gasteiger partial charge in [0.25, 0.3) is 0 Å². The maximum atomic E-state index is 12.9. The predicted molar refractivity (Wildman–Crippen MR) is 133 cm³/mol. The van der Waals surface area contributed by atoms with Gasteiger partial charge >= 0.3 is 0 Å². The number of ether oxygens (including phenoxy) is 3. The van der Waals surface area contributed by atoms with Crippen LogP contribution in [0.15, 0.2) is 54.6 Å². The van der Waals surface area contributed by atoms with Crippen LogP contribution in [-0.2, 0) is 0 Å². The van der Waals surface area contributed by atoms with Gasteiger partial charge in [-0.25, -0.2) is 4.98 Å². The Kier molecular flexibility index (Phi) is 7.69. The van der Waals surface area contributed by atoms with Crippen molar-refractivity contribution < 1.29 is 28.9 Å². The SMILES string of the molecule is COc1cc(C(=O)CCC(=O)c2ccc(OC)c(-c3nsc4ccccc34)n2)ccc1OCCO. The molecule has 0 atom stereocenters. The van der Waals surface area contributed by atoms with Gasteiger partial charge in [0.15, 0.2) is 23.1 Å². The van der Waals surface area contributed by atoms with Crippen LogP contribution in [0.3, 0.4) is 0 Å². The highest BCUT2D eigenvalue weighted by Gasteiger charge is 2.19. The van der Waals surface area contributed by atoms with Crippen molar-refractivity contribution in [1.29, 1.82) is 0 Å². The van der Waals surface area contributed by atoms with Crippen LogP contribution < -0.4 is 14.2 Å². The highest BCUT2D eigenvalue weighted by atomic mass is 32.1. The zero-order valence-corrected chi connectivity index (χ0v) is 20.1. The number of nitrogens with zero attached hydrogens (tertiary/aromatic N) is 2. The molecule has 0 aliphatic heterocycles. The molecule has 0 bridgehead atoms. The number of aliphatic hydroxyl groups excluding tert-OH is 1. The van der Waals surface area contributed by atoms with Crippen molar-refractivity contribution in [3.63, 3.8) is 0 Å². The number of pyridine rings is 1. The smallest absolute Gasteiger partial charge is 0.181 e. The maximum Gasteiger partial charge on any atom is 0.181 e. The van der Waals surface area contributed by atoms with Gasteiger partial charge < -0.3 is 19.3 Å². The minimum absolute atomic E-state index is 0.000491. The fourth-order valence-electron chi connectivity index (χ4n) is 3.61. The summed E-state index contributed by atoms with van der Waals surface area (Å²) in [5, 5.41) is 9.86. The molecule has 2 aromatic heterocycles. The highest BCUT2D eigenvalue weighted by Crippen LogP contribution is 2.35. The summed E-state index contributed by atoms with van der Waals surface area (Å²) in [6.07, 6.45) is 0.0159. The number of ketones is 2. The Morgan fingerprint density at radius 2 is 1.63 bits per heavy atom. The Bertz CT molecular complexity index is 1370. The largest absolute Gasteiger partial charge is 0.494 e. The number of rotatable bonds is 11. The van der Waals surface area contributed by atoms with E-state index in [0.717, 1.165) is 10.1 Å². The molecule has 0 unspecified atom stereocenters. The molecule has 1 N–H and O–H groups in total. The Balaban J connectivity index is 1.51. The lowest BCUT2D eigenvalue weighted by atomic mass is 10.0. The molecule has 0 fully saturated rings. The van der Waals surface area contributed by atoms with E-state index in [9.17, 15) is 9.59 Å². The third-order valence-electron chi connectivity index (χ3n) is 5.38. The number of hydrogen-bond acceptors (Lipinski definition) is 9. The van der Waals surface area contributed by atoms with E-state index in [1.165, 1.54) is 18.6 Å². The molecule has 4 rings (SSSR count). The van der Waals surface area contributed by atoms with Crippen LogP contribution in [0.1, 0.15) is 33.7 Å². The molecule has 0 aliphatic carbocycles. The zero-order chi connectivity index (χ0) is 24.8. The lowest BCUT2D eigenvalue weighted by Crippen LogP contribution is -2.08. The van der Waals surface area contributed by atoms with Gasteiger partial charge in [0.2, 0.25) is 0 Å². The van der Waals surface area contributed by atoms with Gasteiger partial charge in [-0.15, -0.1) is 0 Å². The molecule has 35 heavy (non-hydrogen) atoms. The van der Waals surface area contributed by atoms with E-state index in [2.05, 4.69) is 9.36 Å². The lowest BCUT2D eigenvalue weighted by molar-refractivity contribution is 0.0914. The fraction of sp³-hybridized carbons (Fsp3) is 0.231. The topological polar surface area (TPSA) is 108 Å². The predicted octanol–water partition coefficient (Wildman–Crippen LogP) is 4.59. The van der Waals surface area contributed by atoms with Crippen LogP contribution in [0.5, 0.6) is 17.2 Å². The molecule has 2 aromatic carbocycles. The Hall–Kier alpha value is -3.82. The number of carbonyl (C=O) groups is 2. The molecule has 0 amide bonds. The third-order valence-corrected chi connectivity index (χ3v) is 6.21. The fourth-order valence-corrected chi connectivity index (χ4v) is 4.38. The quantitative estimate of drug-likeness (QED) is 0.303. The first-order valence-electron chi connectivity index (χ1n) is 10.9. The van der Waals surface area contributed by atoms with E-state index >= 15 is 0 Å². The van der Waals surface area contributed by atoms with Crippen LogP contribution in [-0.4, -0.2) is 53.5 Å². The molecule has 2 heterocycles. The first kappa shape index (κ1) is 24.3. The maximum absolute atomic E-state index is 12.9. The van der Waals surface area contributed by atoms with Crippen LogP contribution in [0.2, 0.25) is 0 Å². The van der Waals surface area contributed by atoms with Gasteiger partial charge in [-0.05, 0) is 47.9 Å². The van der Waals surface area contributed by atoms with E-state index in [-0.39, 0.29) is 43.3 Å². The monoisotopic (exact) mass is 492 g/mol. The molecular weight excluding hydrogens is 468 g/mol. The third kappa shape index (κ3) is 5.31. The van der Waals surface area contributed by atoms with E-state index in [1.54, 1.807) is 37.4 Å². The molecule has 9 heteroatoms. The van der Waals surface area contributed by atoms with Gasteiger partial charge in [0.05, 0.1) is 25.5 Å². The van der Waals surface area contributed by atoms with Crippen molar-refractivity contribution in [3.8, 4) is 28.6 Å². The van der Waals surface area contributed by atoms with E-state index in [1.807, 2.05) is 24.3 Å². The van der Waals surface area contributed by atoms with Gasteiger partial charge in [-0.2, -0.15) is 4.37 Å². The second kappa shape index (κ2) is 11.1. The number of aromatic nitrogens is 2. The Labute approximate surface area is 206 Å². The van der Waals surface area contributed by atoms with Crippen LogP contribution in [0.4, 0.5) is 0 Å². The first-order chi connectivity index (χ1) is 17.0. The molecule has 0 radical (unpaired) electrons. The number of carbonyl (C=O) groups excluding carboxylic acids is 2. The van der Waals surface area contributed by atoms with Crippen molar-refractivity contribution in [3.05, 3.63) is 65.9 Å².